The average molecular weight is 414 g/mol. The van der Waals surface area contributed by atoms with Crippen LogP contribution in [0.3, 0.4) is 0 Å². The molecule has 1 N–H and O–H groups in total. The summed E-state index contributed by atoms with van der Waals surface area (Å²) >= 11 is 6.17. The van der Waals surface area contributed by atoms with Gasteiger partial charge in [-0.3, -0.25) is 14.5 Å². The molecule has 0 spiro atoms. The first kappa shape index (κ1) is 21.3. The molecule has 2 aromatic rings. The molecule has 3 rings (SSSR count). The summed E-state index contributed by atoms with van der Waals surface area (Å²) in [5.74, 6) is -0.209. The SMILES string of the molecule is CCCN1CCN(C(=O)CC(NC(=O)c2ccccc2Cl)c2ccccc2)CC1. The molecular formula is C23H28ClN3O2. The van der Waals surface area contributed by atoms with Gasteiger partial charge >= 0.3 is 0 Å². The van der Waals surface area contributed by atoms with E-state index in [1.807, 2.05) is 35.2 Å². The fraction of sp³-hybridized carbons (Fsp3) is 0.391. The second-order valence-corrected chi connectivity index (χ2v) is 7.75. The van der Waals surface area contributed by atoms with Crippen molar-refractivity contribution < 1.29 is 9.59 Å². The molecule has 1 atom stereocenters. The maximum Gasteiger partial charge on any atom is 0.253 e. The zero-order valence-electron chi connectivity index (χ0n) is 16.8. The lowest BCUT2D eigenvalue weighted by molar-refractivity contribution is -0.133. The first-order valence-electron chi connectivity index (χ1n) is 10.2. The molecule has 0 saturated carbocycles. The number of hydrogen-bond acceptors (Lipinski definition) is 3. The molecule has 2 aromatic carbocycles. The zero-order valence-corrected chi connectivity index (χ0v) is 17.6. The zero-order chi connectivity index (χ0) is 20.6. The Balaban J connectivity index is 1.69. The van der Waals surface area contributed by atoms with Crippen LogP contribution in [0.25, 0.3) is 0 Å². The lowest BCUT2D eigenvalue weighted by atomic mass is 10.0. The van der Waals surface area contributed by atoms with E-state index in [9.17, 15) is 9.59 Å². The molecule has 2 amide bonds. The molecule has 1 fully saturated rings. The number of piperazine rings is 1. The van der Waals surface area contributed by atoms with Gasteiger partial charge in [0.2, 0.25) is 5.91 Å². The van der Waals surface area contributed by atoms with E-state index < -0.39 is 6.04 Å². The molecule has 1 aliphatic rings. The van der Waals surface area contributed by atoms with Gasteiger partial charge in [0.15, 0.2) is 0 Å². The van der Waals surface area contributed by atoms with Gasteiger partial charge in [0, 0.05) is 26.2 Å². The summed E-state index contributed by atoms with van der Waals surface area (Å²) in [5.41, 5.74) is 1.32. The Morgan fingerprint density at radius 2 is 1.66 bits per heavy atom. The Labute approximate surface area is 177 Å². The van der Waals surface area contributed by atoms with E-state index in [0.717, 1.165) is 44.7 Å². The fourth-order valence-corrected chi connectivity index (χ4v) is 3.88. The molecule has 154 valence electrons. The molecule has 29 heavy (non-hydrogen) atoms. The van der Waals surface area contributed by atoms with E-state index >= 15 is 0 Å². The van der Waals surface area contributed by atoms with Gasteiger partial charge in [-0.25, -0.2) is 0 Å². The molecule has 0 aromatic heterocycles. The molecule has 0 aliphatic carbocycles. The predicted octanol–water partition coefficient (Wildman–Crippen LogP) is 3.76. The lowest BCUT2D eigenvalue weighted by Gasteiger charge is -2.35. The van der Waals surface area contributed by atoms with Gasteiger partial charge in [-0.05, 0) is 30.7 Å². The van der Waals surface area contributed by atoms with Crippen molar-refractivity contribution in [3.8, 4) is 0 Å². The van der Waals surface area contributed by atoms with Gasteiger partial charge in [0.1, 0.15) is 0 Å². The maximum absolute atomic E-state index is 13.0. The Morgan fingerprint density at radius 1 is 1.00 bits per heavy atom. The summed E-state index contributed by atoms with van der Waals surface area (Å²) < 4.78 is 0. The summed E-state index contributed by atoms with van der Waals surface area (Å²) in [6.45, 7) is 6.52. The highest BCUT2D eigenvalue weighted by Gasteiger charge is 2.25. The predicted molar refractivity (Wildman–Crippen MR) is 116 cm³/mol. The Kier molecular flexibility index (Phi) is 7.67. The van der Waals surface area contributed by atoms with E-state index in [-0.39, 0.29) is 18.2 Å². The van der Waals surface area contributed by atoms with Crippen LogP contribution in [0.15, 0.2) is 54.6 Å². The van der Waals surface area contributed by atoms with Crippen LogP contribution in [0, 0.1) is 0 Å². The topological polar surface area (TPSA) is 52.6 Å². The number of nitrogens with zero attached hydrogens (tertiary/aromatic N) is 2. The van der Waals surface area contributed by atoms with Crippen LogP contribution in [0.1, 0.15) is 41.7 Å². The number of carbonyl (C=O) groups excluding carboxylic acids is 2. The first-order valence-corrected chi connectivity index (χ1v) is 10.6. The van der Waals surface area contributed by atoms with Crippen molar-refractivity contribution in [1.82, 2.24) is 15.1 Å². The van der Waals surface area contributed by atoms with Gasteiger partial charge in [0.05, 0.1) is 23.0 Å². The molecular weight excluding hydrogens is 386 g/mol. The molecule has 1 saturated heterocycles. The van der Waals surface area contributed by atoms with Gasteiger partial charge in [-0.2, -0.15) is 0 Å². The van der Waals surface area contributed by atoms with Gasteiger partial charge in [-0.1, -0.05) is 61.0 Å². The van der Waals surface area contributed by atoms with Crippen molar-refractivity contribution in [2.75, 3.05) is 32.7 Å². The second-order valence-electron chi connectivity index (χ2n) is 7.34. The third-order valence-electron chi connectivity index (χ3n) is 5.27. The largest absolute Gasteiger partial charge is 0.345 e. The van der Waals surface area contributed by atoms with E-state index in [4.69, 9.17) is 11.6 Å². The summed E-state index contributed by atoms with van der Waals surface area (Å²) in [4.78, 5) is 30.0. The smallest absolute Gasteiger partial charge is 0.253 e. The average Bonchev–Trinajstić information content (AvgIpc) is 2.75. The highest BCUT2D eigenvalue weighted by Crippen LogP contribution is 2.21. The van der Waals surface area contributed by atoms with E-state index in [0.29, 0.717) is 10.6 Å². The number of rotatable bonds is 7. The minimum Gasteiger partial charge on any atom is -0.345 e. The number of amides is 2. The highest BCUT2D eigenvalue weighted by atomic mass is 35.5. The summed E-state index contributed by atoms with van der Waals surface area (Å²) in [6, 6.07) is 16.2. The van der Waals surface area contributed by atoms with Crippen LogP contribution in [0.4, 0.5) is 0 Å². The Bertz CT molecular complexity index is 820. The van der Waals surface area contributed by atoms with Crippen molar-refractivity contribution in [3.63, 3.8) is 0 Å². The molecule has 1 aliphatic heterocycles. The molecule has 1 unspecified atom stereocenters. The van der Waals surface area contributed by atoms with Crippen LogP contribution >= 0.6 is 11.6 Å². The van der Waals surface area contributed by atoms with Crippen molar-refractivity contribution in [2.24, 2.45) is 0 Å². The number of benzene rings is 2. The number of halogens is 1. The van der Waals surface area contributed by atoms with Crippen LogP contribution in [0.5, 0.6) is 0 Å². The van der Waals surface area contributed by atoms with E-state index in [1.54, 1.807) is 24.3 Å². The Hall–Kier alpha value is -2.37. The summed E-state index contributed by atoms with van der Waals surface area (Å²) in [6.07, 6.45) is 1.35. The van der Waals surface area contributed by atoms with Gasteiger partial charge in [-0.15, -0.1) is 0 Å². The van der Waals surface area contributed by atoms with Crippen molar-refractivity contribution >= 4 is 23.4 Å². The first-order chi connectivity index (χ1) is 14.1. The second kappa shape index (κ2) is 10.4. The highest BCUT2D eigenvalue weighted by molar-refractivity contribution is 6.33. The molecule has 6 heteroatoms. The minimum absolute atomic E-state index is 0.0643. The Morgan fingerprint density at radius 3 is 2.31 bits per heavy atom. The van der Waals surface area contributed by atoms with Crippen LogP contribution in [-0.4, -0.2) is 54.3 Å². The van der Waals surface area contributed by atoms with Crippen molar-refractivity contribution in [1.29, 1.82) is 0 Å². The molecule has 0 radical (unpaired) electrons. The van der Waals surface area contributed by atoms with Crippen molar-refractivity contribution in [3.05, 3.63) is 70.7 Å². The van der Waals surface area contributed by atoms with Crippen LogP contribution in [-0.2, 0) is 4.79 Å². The quantitative estimate of drug-likeness (QED) is 0.752. The maximum atomic E-state index is 13.0. The van der Waals surface area contributed by atoms with Gasteiger partial charge < -0.3 is 10.2 Å². The lowest BCUT2D eigenvalue weighted by Crippen LogP contribution is -2.49. The van der Waals surface area contributed by atoms with Crippen LogP contribution < -0.4 is 5.32 Å². The monoisotopic (exact) mass is 413 g/mol. The number of nitrogens with one attached hydrogen (secondary N) is 1. The number of hydrogen-bond donors (Lipinski definition) is 1. The summed E-state index contributed by atoms with van der Waals surface area (Å²) in [5, 5.41) is 3.41. The molecule has 0 bridgehead atoms. The van der Waals surface area contributed by atoms with Crippen LogP contribution in [0.2, 0.25) is 5.02 Å². The standard InChI is InChI=1S/C23H28ClN3O2/c1-2-12-26-13-15-27(16-14-26)22(28)17-21(18-8-4-3-5-9-18)25-23(29)19-10-6-7-11-20(19)24/h3-11,21H,2,12-17H2,1H3,(H,25,29). The number of carbonyl (C=O) groups is 2. The van der Waals surface area contributed by atoms with E-state index in [1.165, 1.54) is 0 Å². The third-order valence-corrected chi connectivity index (χ3v) is 5.60. The fourth-order valence-electron chi connectivity index (χ4n) is 3.66. The van der Waals surface area contributed by atoms with E-state index in [2.05, 4.69) is 17.1 Å². The normalized spacial score (nSPS) is 15.7. The molecule has 1 heterocycles. The van der Waals surface area contributed by atoms with Crippen molar-refractivity contribution in [2.45, 2.75) is 25.8 Å². The molecule has 5 nitrogen and oxygen atoms in total. The third kappa shape index (κ3) is 5.81. The van der Waals surface area contributed by atoms with Gasteiger partial charge in [0.25, 0.3) is 5.91 Å². The minimum atomic E-state index is -0.402. The summed E-state index contributed by atoms with van der Waals surface area (Å²) in [7, 11) is 0.